The smallest absolute Gasteiger partial charge is 0.248 e. The molecule has 1 aromatic carbocycles. The number of anilines is 1. The Morgan fingerprint density at radius 3 is 2.58 bits per heavy atom. The quantitative estimate of drug-likeness (QED) is 0.603. The molecule has 0 saturated carbocycles. The molecule has 0 atom stereocenters. The van der Waals surface area contributed by atoms with Gasteiger partial charge >= 0.3 is 0 Å². The molecule has 0 aliphatic heterocycles. The first-order valence-electron chi connectivity index (χ1n) is 8.39. The van der Waals surface area contributed by atoms with Crippen LogP contribution in [-0.2, 0) is 17.6 Å². The predicted molar refractivity (Wildman–Crippen MR) is 97.2 cm³/mol. The zero-order valence-electron chi connectivity index (χ0n) is 15.1. The van der Waals surface area contributed by atoms with Gasteiger partial charge in [-0.2, -0.15) is 10.1 Å². The fourth-order valence-electron chi connectivity index (χ4n) is 2.74. The summed E-state index contributed by atoms with van der Waals surface area (Å²) in [4.78, 5) is 16.4. The molecule has 0 fully saturated rings. The molecular weight excluding hydrogens is 332 g/mol. The molecule has 3 rings (SSSR count). The molecule has 8 nitrogen and oxygen atoms in total. The molecule has 26 heavy (non-hydrogen) atoms. The summed E-state index contributed by atoms with van der Waals surface area (Å²) in [5.74, 6) is 1.66. The van der Waals surface area contributed by atoms with Gasteiger partial charge in [0.2, 0.25) is 11.9 Å². The van der Waals surface area contributed by atoms with E-state index in [1.807, 2.05) is 38.1 Å². The normalized spacial score (nSPS) is 10.7. The fraction of sp³-hybridized carbons (Fsp3) is 0.333. The SMILES string of the molecule is COc1ccc(Cc2nc(NC(=O)CCc3c(C)n[nH]c3C)n[nH]2)cc1. The maximum Gasteiger partial charge on any atom is 0.248 e. The molecule has 2 heterocycles. The summed E-state index contributed by atoms with van der Waals surface area (Å²) in [6, 6.07) is 7.73. The lowest BCUT2D eigenvalue weighted by Crippen LogP contribution is -2.13. The molecule has 0 bridgehead atoms. The average molecular weight is 354 g/mol. The van der Waals surface area contributed by atoms with Crippen molar-refractivity contribution in [3.05, 3.63) is 52.6 Å². The molecule has 3 N–H and O–H groups in total. The lowest BCUT2D eigenvalue weighted by Gasteiger charge is -2.02. The third-order valence-electron chi connectivity index (χ3n) is 4.20. The molecular formula is C18H22N6O2. The minimum absolute atomic E-state index is 0.125. The van der Waals surface area contributed by atoms with Gasteiger partial charge in [0.25, 0.3) is 0 Å². The van der Waals surface area contributed by atoms with Gasteiger partial charge in [-0.15, -0.1) is 5.10 Å². The Labute approximate surface area is 151 Å². The van der Waals surface area contributed by atoms with E-state index in [0.717, 1.165) is 28.3 Å². The number of hydrogen-bond donors (Lipinski definition) is 3. The van der Waals surface area contributed by atoms with Gasteiger partial charge in [0.15, 0.2) is 0 Å². The van der Waals surface area contributed by atoms with Crippen LogP contribution in [0.15, 0.2) is 24.3 Å². The highest BCUT2D eigenvalue weighted by Gasteiger charge is 2.11. The first-order chi connectivity index (χ1) is 12.5. The number of ether oxygens (including phenoxy) is 1. The number of amides is 1. The Morgan fingerprint density at radius 2 is 1.92 bits per heavy atom. The largest absolute Gasteiger partial charge is 0.497 e. The van der Waals surface area contributed by atoms with E-state index in [-0.39, 0.29) is 5.91 Å². The number of rotatable bonds is 7. The lowest BCUT2D eigenvalue weighted by molar-refractivity contribution is -0.116. The van der Waals surface area contributed by atoms with E-state index in [0.29, 0.717) is 31.0 Å². The Kier molecular flexibility index (Phi) is 5.31. The van der Waals surface area contributed by atoms with Crippen LogP contribution in [0.4, 0.5) is 5.95 Å². The topological polar surface area (TPSA) is 109 Å². The molecule has 2 aromatic heterocycles. The van der Waals surface area contributed by atoms with Crippen LogP contribution in [0.5, 0.6) is 5.75 Å². The van der Waals surface area contributed by atoms with Crippen LogP contribution >= 0.6 is 0 Å². The number of nitrogens with zero attached hydrogens (tertiary/aromatic N) is 3. The number of hydrogen-bond acceptors (Lipinski definition) is 5. The monoisotopic (exact) mass is 354 g/mol. The first-order valence-corrected chi connectivity index (χ1v) is 8.39. The first kappa shape index (κ1) is 17.7. The van der Waals surface area contributed by atoms with E-state index in [1.165, 1.54) is 0 Å². The highest BCUT2D eigenvalue weighted by atomic mass is 16.5. The molecule has 0 aliphatic carbocycles. The Balaban J connectivity index is 1.53. The molecule has 0 aliphatic rings. The van der Waals surface area contributed by atoms with Crippen molar-refractivity contribution in [2.24, 2.45) is 0 Å². The second kappa shape index (κ2) is 7.81. The van der Waals surface area contributed by atoms with E-state index in [4.69, 9.17) is 4.74 Å². The zero-order valence-corrected chi connectivity index (χ0v) is 15.1. The van der Waals surface area contributed by atoms with Crippen LogP contribution in [-0.4, -0.2) is 38.4 Å². The molecule has 3 aromatic rings. The molecule has 0 saturated heterocycles. The second-order valence-corrected chi connectivity index (χ2v) is 6.09. The second-order valence-electron chi connectivity index (χ2n) is 6.09. The van der Waals surface area contributed by atoms with Gasteiger partial charge in [-0.05, 0) is 43.5 Å². The van der Waals surface area contributed by atoms with Crippen molar-refractivity contribution >= 4 is 11.9 Å². The average Bonchev–Trinajstić information content (AvgIpc) is 3.20. The van der Waals surface area contributed by atoms with Gasteiger partial charge in [-0.25, -0.2) is 0 Å². The van der Waals surface area contributed by atoms with Crippen LogP contribution in [0.2, 0.25) is 0 Å². The van der Waals surface area contributed by atoms with Crippen molar-refractivity contribution in [2.45, 2.75) is 33.1 Å². The maximum atomic E-state index is 12.1. The summed E-state index contributed by atoms with van der Waals surface area (Å²) in [5.41, 5.74) is 4.08. The van der Waals surface area contributed by atoms with E-state index < -0.39 is 0 Å². The third-order valence-corrected chi connectivity index (χ3v) is 4.20. The molecule has 1 amide bonds. The standard InChI is InChI=1S/C18H22N6O2/c1-11-15(12(2)22-21-11)8-9-17(25)20-18-19-16(23-24-18)10-13-4-6-14(26-3)7-5-13/h4-7H,8-10H2,1-3H3,(H,21,22)(H2,19,20,23,24,25). The summed E-state index contributed by atoms with van der Waals surface area (Å²) in [5, 5.41) is 16.7. The predicted octanol–water partition coefficient (Wildman–Crippen LogP) is 2.32. The fourth-order valence-corrected chi connectivity index (χ4v) is 2.74. The Morgan fingerprint density at radius 1 is 1.15 bits per heavy atom. The summed E-state index contributed by atoms with van der Waals surface area (Å²) in [6.07, 6.45) is 1.58. The Hall–Kier alpha value is -3.16. The number of aryl methyl sites for hydroxylation is 2. The number of carbonyl (C=O) groups is 1. The number of nitrogens with one attached hydrogen (secondary N) is 3. The third kappa shape index (κ3) is 4.27. The van der Waals surface area contributed by atoms with Gasteiger partial charge in [0.1, 0.15) is 11.6 Å². The van der Waals surface area contributed by atoms with E-state index in [9.17, 15) is 4.79 Å². The summed E-state index contributed by atoms with van der Waals surface area (Å²) in [7, 11) is 1.63. The molecule has 0 unspecified atom stereocenters. The minimum Gasteiger partial charge on any atom is -0.497 e. The van der Waals surface area contributed by atoms with Crippen LogP contribution in [0.25, 0.3) is 0 Å². The van der Waals surface area contributed by atoms with Gasteiger partial charge in [0.05, 0.1) is 12.8 Å². The number of aromatic amines is 2. The molecule has 0 spiro atoms. The number of H-pyrrole nitrogens is 2. The highest BCUT2D eigenvalue weighted by molar-refractivity contribution is 5.89. The van der Waals surface area contributed by atoms with E-state index in [2.05, 4.69) is 30.7 Å². The van der Waals surface area contributed by atoms with Gasteiger partial charge < -0.3 is 4.74 Å². The van der Waals surface area contributed by atoms with Crippen molar-refractivity contribution in [1.29, 1.82) is 0 Å². The van der Waals surface area contributed by atoms with Crippen molar-refractivity contribution in [3.8, 4) is 5.75 Å². The van der Waals surface area contributed by atoms with Gasteiger partial charge in [-0.1, -0.05) is 12.1 Å². The minimum atomic E-state index is -0.125. The van der Waals surface area contributed by atoms with Crippen molar-refractivity contribution in [1.82, 2.24) is 25.4 Å². The van der Waals surface area contributed by atoms with Crippen LogP contribution in [0.1, 0.15) is 34.8 Å². The van der Waals surface area contributed by atoms with Crippen LogP contribution in [0.3, 0.4) is 0 Å². The van der Waals surface area contributed by atoms with Gasteiger partial charge in [0, 0.05) is 18.5 Å². The zero-order chi connectivity index (χ0) is 18.5. The van der Waals surface area contributed by atoms with Crippen LogP contribution in [0, 0.1) is 13.8 Å². The van der Waals surface area contributed by atoms with Crippen molar-refractivity contribution < 1.29 is 9.53 Å². The number of benzene rings is 1. The summed E-state index contributed by atoms with van der Waals surface area (Å²) < 4.78 is 5.14. The molecule has 136 valence electrons. The maximum absolute atomic E-state index is 12.1. The number of methoxy groups -OCH3 is 1. The number of carbonyl (C=O) groups excluding carboxylic acids is 1. The van der Waals surface area contributed by atoms with Gasteiger partial charge in [-0.3, -0.25) is 20.3 Å². The van der Waals surface area contributed by atoms with Crippen molar-refractivity contribution in [2.75, 3.05) is 12.4 Å². The molecule has 8 heteroatoms. The Bertz CT molecular complexity index is 862. The van der Waals surface area contributed by atoms with Crippen LogP contribution < -0.4 is 10.1 Å². The van der Waals surface area contributed by atoms with Crippen molar-refractivity contribution in [3.63, 3.8) is 0 Å². The molecule has 0 radical (unpaired) electrons. The number of aromatic nitrogens is 5. The summed E-state index contributed by atoms with van der Waals surface area (Å²) >= 11 is 0. The summed E-state index contributed by atoms with van der Waals surface area (Å²) in [6.45, 7) is 3.88. The highest BCUT2D eigenvalue weighted by Crippen LogP contribution is 2.14. The lowest BCUT2D eigenvalue weighted by atomic mass is 10.1. The van der Waals surface area contributed by atoms with E-state index >= 15 is 0 Å². The van der Waals surface area contributed by atoms with E-state index in [1.54, 1.807) is 7.11 Å².